The number of pyridine rings is 1. The molecule has 0 amide bonds. The van der Waals surface area contributed by atoms with E-state index in [0.29, 0.717) is 11.8 Å². The first-order chi connectivity index (χ1) is 22.1. The van der Waals surface area contributed by atoms with Gasteiger partial charge in [0.05, 0.1) is 5.56 Å². The maximum atomic E-state index is 6.91. The molecule has 0 saturated heterocycles. The fourth-order valence-electron chi connectivity index (χ4n) is 7.24. The maximum Gasteiger partial charge on any atom is 0.216 e. The number of rotatable bonds is 5. The minimum atomic E-state index is -0.0326. The lowest BCUT2D eigenvalue weighted by molar-refractivity contribution is -0.660. The summed E-state index contributed by atoms with van der Waals surface area (Å²) >= 11 is 0. The van der Waals surface area contributed by atoms with Crippen LogP contribution in [0.25, 0.3) is 55.4 Å². The van der Waals surface area contributed by atoms with Gasteiger partial charge in [0.25, 0.3) is 0 Å². The quantitative estimate of drug-likeness (QED) is 0.175. The Balaban J connectivity index is 1.67. The van der Waals surface area contributed by atoms with Gasteiger partial charge in [0.1, 0.15) is 18.2 Å². The van der Waals surface area contributed by atoms with Crippen LogP contribution in [0.2, 0.25) is 0 Å². The lowest BCUT2D eigenvalue weighted by Crippen LogP contribution is -2.31. The van der Waals surface area contributed by atoms with Crippen molar-refractivity contribution in [2.45, 2.75) is 98.8 Å². The Morgan fingerprint density at radius 3 is 1.83 bits per heavy atom. The van der Waals surface area contributed by atoms with Crippen molar-refractivity contribution in [1.29, 1.82) is 0 Å². The molecule has 4 aromatic carbocycles. The fraction of sp³-hybridized carbons (Fsp3) is 0.356. The summed E-state index contributed by atoms with van der Waals surface area (Å²) in [5.41, 5.74) is 16.2. The van der Waals surface area contributed by atoms with Crippen molar-refractivity contribution in [2.24, 2.45) is 7.05 Å². The molecule has 0 aliphatic rings. The first-order valence-electron chi connectivity index (χ1n) is 17.3. The van der Waals surface area contributed by atoms with Crippen LogP contribution < -0.4 is 4.57 Å². The number of hydrogen-bond acceptors (Lipinski definition) is 1. The first-order valence-corrected chi connectivity index (χ1v) is 17.3. The molecule has 0 bridgehead atoms. The standard InChI is InChI=1S/C45H52NO/c1-27(2)35-24-33(44(6,7)8)25-36(28(3)4)42(35)32-20-21-46(12)39(22-32)41-29(5)38(45(9,10)11)26-37-34-19-18-31(23-40(34)47-43(37)41)30-16-14-13-15-17-30/h13-28H,1-12H3/q+1. The van der Waals surface area contributed by atoms with Crippen LogP contribution in [0.3, 0.4) is 0 Å². The molecule has 0 spiro atoms. The average molecular weight is 623 g/mol. The molecule has 6 rings (SSSR count). The molecule has 0 aliphatic heterocycles. The van der Waals surface area contributed by atoms with Crippen molar-refractivity contribution < 1.29 is 8.98 Å². The van der Waals surface area contributed by atoms with Crippen molar-refractivity contribution in [1.82, 2.24) is 0 Å². The van der Waals surface area contributed by atoms with Crippen LogP contribution >= 0.6 is 0 Å². The average Bonchev–Trinajstić information content (AvgIpc) is 3.37. The van der Waals surface area contributed by atoms with Gasteiger partial charge in [-0.3, -0.25) is 0 Å². The molecule has 242 valence electrons. The minimum absolute atomic E-state index is 0.0326. The molecular formula is C45H52NO+. The summed E-state index contributed by atoms with van der Waals surface area (Å²) in [6.07, 6.45) is 2.24. The Hall–Kier alpha value is -4.17. The van der Waals surface area contributed by atoms with Crippen molar-refractivity contribution >= 4 is 21.9 Å². The number of aryl methyl sites for hydroxylation is 1. The summed E-state index contributed by atoms with van der Waals surface area (Å²) in [5.74, 6) is 0.795. The predicted octanol–water partition coefficient (Wildman–Crippen LogP) is 12.6. The molecule has 2 aromatic heterocycles. The summed E-state index contributed by atoms with van der Waals surface area (Å²) in [6, 6.07) is 29.3. The topological polar surface area (TPSA) is 17.0 Å². The second-order valence-corrected chi connectivity index (χ2v) is 16.2. The van der Waals surface area contributed by atoms with Gasteiger partial charge in [-0.2, -0.15) is 0 Å². The van der Waals surface area contributed by atoms with Crippen molar-refractivity contribution in [3.05, 3.63) is 113 Å². The molecule has 0 unspecified atom stereocenters. The second-order valence-electron chi connectivity index (χ2n) is 16.2. The molecule has 2 heteroatoms. The van der Waals surface area contributed by atoms with Crippen molar-refractivity contribution in [3.63, 3.8) is 0 Å². The van der Waals surface area contributed by atoms with Gasteiger partial charge in [0, 0.05) is 22.9 Å². The van der Waals surface area contributed by atoms with E-state index in [1.807, 2.05) is 0 Å². The Morgan fingerprint density at radius 1 is 0.617 bits per heavy atom. The number of aromatic nitrogens is 1. The lowest BCUT2D eigenvalue weighted by atomic mass is 9.77. The number of nitrogens with zero attached hydrogens (tertiary/aromatic N) is 1. The molecule has 0 atom stereocenters. The van der Waals surface area contributed by atoms with Crippen molar-refractivity contribution in [2.75, 3.05) is 0 Å². The van der Waals surface area contributed by atoms with E-state index in [-0.39, 0.29) is 10.8 Å². The first kappa shape index (κ1) is 32.8. The zero-order chi connectivity index (χ0) is 34.0. The van der Waals surface area contributed by atoms with E-state index in [1.54, 1.807) is 0 Å². The lowest BCUT2D eigenvalue weighted by Gasteiger charge is -2.27. The van der Waals surface area contributed by atoms with Crippen LogP contribution in [0.1, 0.15) is 109 Å². The van der Waals surface area contributed by atoms with Crippen LogP contribution in [0.4, 0.5) is 0 Å². The van der Waals surface area contributed by atoms with Gasteiger partial charge in [0.15, 0.2) is 6.20 Å². The van der Waals surface area contributed by atoms with E-state index in [0.717, 1.165) is 16.6 Å². The number of fused-ring (bicyclic) bond motifs is 3. The van der Waals surface area contributed by atoms with Gasteiger partial charge < -0.3 is 4.42 Å². The molecule has 0 radical (unpaired) electrons. The van der Waals surface area contributed by atoms with Gasteiger partial charge in [-0.25, -0.2) is 4.57 Å². The summed E-state index contributed by atoms with van der Waals surface area (Å²) in [4.78, 5) is 0. The molecule has 47 heavy (non-hydrogen) atoms. The molecule has 0 fully saturated rings. The highest BCUT2D eigenvalue weighted by Gasteiger charge is 2.29. The highest BCUT2D eigenvalue weighted by atomic mass is 16.3. The van der Waals surface area contributed by atoms with Gasteiger partial charge in [-0.15, -0.1) is 0 Å². The Morgan fingerprint density at radius 2 is 1.26 bits per heavy atom. The third kappa shape index (κ3) is 5.93. The molecule has 0 aliphatic carbocycles. The van der Waals surface area contributed by atoms with E-state index in [2.05, 4.69) is 173 Å². The largest absolute Gasteiger partial charge is 0.455 e. The smallest absolute Gasteiger partial charge is 0.216 e. The Bertz CT molecular complexity index is 2080. The molecule has 0 N–H and O–H groups in total. The summed E-state index contributed by atoms with van der Waals surface area (Å²) in [7, 11) is 2.17. The molecule has 2 heterocycles. The van der Waals surface area contributed by atoms with Crippen LogP contribution in [0.5, 0.6) is 0 Å². The predicted molar refractivity (Wildman–Crippen MR) is 202 cm³/mol. The summed E-state index contributed by atoms with van der Waals surface area (Å²) in [6.45, 7) is 25.5. The third-order valence-electron chi connectivity index (χ3n) is 9.94. The Labute approximate surface area is 282 Å². The van der Waals surface area contributed by atoms with Crippen LogP contribution in [0.15, 0.2) is 89.5 Å². The number of furan rings is 1. The van der Waals surface area contributed by atoms with E-state index in [1.165, 1.54) is 66.7 Å². The van der Waals surface area contributed by atoms with Gasteiger partial charge >= 0.3 is 0 Å². The van der Waals surface area contributed by atoms with Crippen LogP contribution in [0, 0.1) is 6.92 Å². The zero-order valence-electron chi connectivity index (χ0n) is 30.6. The van der Waals surface area contributed by atoms with Crippen LogP contribution in [-0.2, 0) is 17.9 Å². The van der Waals surface area contributed by atoms with Crippen molar-refractivity contribution in [3.8, 4) is 33.5 Å². The van der Waals surface area contributed by atoms with Gasteiger partial charge in [-0.05, 0) is 97.9 Å². The van der Waals surface area contributed by atoms with E-state index in [9.17, 15) is 0 Å². The fourth-order valence-corrected chi connectivity index (χ4v) is 7.24. The summed E-state index contributed by atoms with van der Waals surface area (Å²) < 4.78 is 9.18. The Kier molecular flexibility index (Phi) is 8.23. The minimum Gasteiger partial charge on any atom is -0.455 e. The van der Waals surface area contributed by atoms with E-state index >= 15 is 0 Å². The molecule has 2 nitrogen and oxygen atoms in total. The second kappa shape index (κ2) is 11.8. The normalized spacial score (nSPS) is 12.6. The SMILES string of the molecule is Cc1c(C(C)(C)C)cc2c(oc3cc(-c4ccccc4)ccc32)c1-c1cc(-c2c(C(C)C)cc(C(C)(C)C)cc2C(C)C)cc[n+]1C. The number of hydrogen-bond donors (Lipinski definition) is 0. The highest BCUT2D eigenvalue weighted by molar-refractivity contribution is 6.11. The van der Waals surface area contributed by atoms with E-state index in [4.69, 9.17) is 4.42 Å². The monoisotopic (exact) mass is 622 g/mol. The highest BCUT2D eigenvalue weighted by Crippen LogP contribution is 2.45. The molecular weight excluding hydrogens is 571 g/mol. The van der Waals surface area contributed by atoms with Gasteiger partial charge in [-0.1, -0.05) is 118 Å². The van der Waals surface area contributed by atoms with Crippen LogP contribution in [-0.4, -0.2) is 0 Å². The molecule has 0 saturated carbocycles. The van der Waals surface area contributed by atoms with E-state index < -0.39 is 0 Å². The number of benzene rings is 4. The van der Waals surface area contributed by atoms with Gasteiger partial charge in [0.2, 0.25) is 5.69 Å². The molecule has 6 aromatic rings. The third-order valence-corrected chi connectivity index (χ3v) is 9.94. The summed E-state index contributed by atoms with van der Waals surface area (Å²) in [5, 5.41) is 2.34. The maximum absolute atomic E-state index is 6.91. The zero-order valence-corrected chi connectivity index (χ0v) is 30.6.